The van der Waals surface area contributed by atoms with Gasteiger partial charge in [-0.15, -0.1) is 0 Å². The molecule has 0 heterocycles. The lowest BCUT2D eigenvalue weighted by Crippen LogP contribution is -2.27. The molecule has 19 heavy (non-hydrogen) atoms. The van der Waals surface area contributed by atoms with Crippen molar-refractivity contribution in [2.45, 2.75) is 33.2 Å². The molecule has 0 aliphatic heterocycles. The third-order valence-corrected chi connectivity index (χ3v) is 2.88. The van der Waals surface area contributed by atoms with E-state index in [4.69, 9.17) is 9.47 Å². The molecule has 1 unspecified atom stereocenters. The highest BCUT2D eigenvalue weighted by Crippen LogP contribution is 2.29. The van der Waals surface area contributed by atoms with Gasteiger partial charge in [0.1, 0.15) is 0 Å². The van der Waals surface area contributed by atoms with Crippen molar-refractivity contribution in [2.75, 3.05) is 14.2 Å². The van der Waals surface area contributed by atoms with Crippen LogP contribution < -0.4 is 14.8 Å². The van der Waals surface area contributed by atoms with E-state index >= 15 is 0 Å². The fraction of sp³-hybridized carbons (Fsp3) is 0.533. The zero-order valence-electron chi connectivity index (χ0n) is 12.3. The summed E-state index contributed by atoms with van der Waals surface area (Å²) in [6.45, 7) is 6.01. The van der Waals surface area contributed by atoms with Crippen molar-refractivity contribution in [1.82, 2.24) is 5.32 Å². The van der Waals surface area contributed by atoms with Crippen LogP contribution in [0.15, 0.2) is 18.2 Å². The van der Waals surface area contributed by atoms with E-state index in [-0.39, 0.29) is 11.9 Å². The Morgan fingerprint density at radius 3 is 2.32 bits per heavy atom. The Bertz CT molecular complexity index is 429. The van der Waals surface area contributed by atoms with Crippen LogP contribution in [0.25, 0.3) is 0 Å². The Balaban J connectivity index is 2.77. The summed E-state index contributed by atoms with van der Waals surface area (Å²) in [6, 6.07) is 5.62. The van der Waals surface area contributed by atoms with Gasteiger partial charge in [0.05, 0.1) is 20.3 Å². The van der Waals surface area contributed by atoms with Crippen LogP contribution in [-0.4, -0.2) is 20.1 Å². The molecule has 1 aromatic carbocycles. The first-order valence-corrected chi connectivity index (χ1v) is 6.49. The number of carbonyl (C=O) groups is 1. The van der Waals surface area contributed by atoms with Crippen molar-refractivity contribution in [3.8, 4) is 11.5 Å². The molecular weight excluding hydrogens is 242 g/mol. The summed E-state index contributed by atoms with van der Waals surface area (Å²) in [7, 11) is 3.20. The molecule has 0 bridgehead atoms. The lowest BCUT2D eigenvalue weighted by molar-refractivity contribution is -0.122. The lowest BCUT2D eigenvalue weighted by Gasteiger charge is -2.17. The molecule has 4 nitrogen and oxygen atoms in total. The maximum Gasteiger partial charge on any atom is 0.220 e. The third-order valence-electron chi connectivity index (χ3n) is 2.88. The summed E-state index contributed by atoms with van der Waals surface area (Å²) in [6.07, 6.45) is 0.539. The standard InChI is InChI=1S/C15H23NO3/c1-10(2)8-15(17)16-11(3)12-6-7-13(18-4)14(9-12)19-5/h6-7,9-11H,8H2,1-5H3,(H,16,17). The van der Waals surface area contributed by atoms with Crippen LogP contribution in [0.5, 0.6) is 11.5 Å². The zero-order valence-corrected chi connectivity index (χ0v) is 12.3. The quantitative estimate of drug-likeness (QED) is 0.860. The fourth-order valence-corrected chi connectivity index (χ4v) is 1.88. The van der Waals surface area contributed by atoms with Gasteiger partial charge < -0.3 is 14.8 Å². The molecule has 1 aromatic rings. The van der Waals surface area contributed by atoms with Crippen LogP contribution in [0.1, 0.15) is 38.8 Å². The molecule has 1 amide bonds. The summed E-state index contributed by atoms with van der Waals surface area (Å²) < 4.78 is 10.5. The van der Waals surface area contributed by atoms with Crippen LogP contribution in [0, 0.1) is 5.92 Å². The molecular formula is C15H23NO3. The summed E-state index contributed by atoms with van der Waals surface area (Å²) in [4.78, 5) is 11.7. The van der Waals surface area contributed by atoms with Crippen molar-refractivity contribution in [1.29, 1.82) is 0 Å². The van der Waals surface area contributed by atoms with E-state index in [1.807, 2.05) is 39.0 Å². The summed E-state index contributed by atoms with van der Waals surface area (Å²) >= 11 is 0. The zero-order chi connectivity index (χ0) is 14.4. The van der Waals surface area contributed by atoms with Crippen LogP contribution in [0.3, 0.4) is 0 Å². The summed E-state index contributed by atoms with van der Waals surface area (Å²) in [5.41, 5.74) is 0.995. The van der Waals surface area contributed by atoms with Crippen LogP contribution >= 0.6 is 0 Å². The third kappa shape index (κ3) is 4.47. The van der Waals surface area contributed by atoms with Gasteiger partial charge in [-0.3, -0.25) is 4.79 Å². The number of methoxy groups -OCH3 is 2. The second-order valence-corrected chi connectivity index (χ2v) is 5.00. The fourth-order valence-electron chi connectivity index (χ4n) is 1.88. The Kier molecular flexibility index (Phi) is 5.67. The average molecular weight is 265 g/mol. The predicted octanol–water partition coefficient (Wildman–Crippen LogP) is 2.93. The first kappa shape index (κ1) is 15.3. The van der Waals surface area contributed by atoms with E-state index < -0.39 is 0 Å². The SMILES string of the molecule is COc1ccc(C(C)NC(=O)CC(C)C)cc1OC. The maximum absolute atomic E-state index is 11.7. The molecule has 0 saturated carbocycles. The molecule has 1 N–H and O–H groups in total. The molecule has 1 rings (SSSR count). The number of nitrogens with one attached hydrogen (secondary N) is 1. The van der Waals surface area contributed by atoms with Crippen molar-refractivity contribution in [3.63, 3.8) is 0 Å². The highest BCUT2D eigenvalue weighted by Gasteiger charge is 2.13. The number of rotatable bonds is 6. The van der Waals surface area contributed by atoms with Gasteiger partial charge in [0.25, 0.3) is 0 Å². The minimum atomic E-state index is -0.0499. The highest BCUT2D eigenvalue weighted by atomic mass is 16.5. The van der Waals surface area contributed by atoms with Gasteiger partial charge in [-0.1, -0.05) is 19.9 Å². The van der Waals surface area contributed by atoms with Crippen molar-refractivity contribution in [3.05, 3.63) is 23.8 Å². The predicted molar refractivity (Wildman–Crippen MR) is 75.6 cm³/mol. The van der Waals surface area contributed by atoms with Gasteiger partial charge in [0, 0.05) is 6.42 Å². The summed E-state index contributed by atoms with van der Waals surface area (Å²) in [5, 5.41) is 2.98. The second-order valence-electron chi connectivity index (χ2n) is 5.00. The van der Waals surface area contributed by atoms with E-state index in [0.717, 1.165) is 5.56 Å². The lowest BCUT2D eigenvalue weighted by atomic mass is 10.1. The first-order chi connectivity index (χ1) is 8.97. The van der Waals surface area contributed by atoms with E-state index in [9.17, 15) is 4.79 Å². The van der Waals surface area contributed by atoms with Crippen molar-refractivity contribution in [2.24, 2.45) is 5.92 Å². The van der Waals surface area contributed by atoms with E-state index in [1.54, 1.807) is 14.2 Å². The average Bonchev–Trinajstić information content (AvgIpc) is 2.36. The molecule has 0 spiro atoms. The molecule has 4 heteroatoms. The number of hydrogen-bond donors (Lipinski definition) is 1. The molecule has 0 aliphatic carbocycles. The Morgan fingerprint density at radius 1 is 1.16 bits per heavy atom. The summed E-state index contributed by atoms with van der Waals surface area (Å²) in [5.74, 6) is 1.78. The number of benzene rings is 1. The molecule has 0 aromatic heterocycles. The van der Waals surface area contributed by atoms with Gasteiger partial charge in [0.15, 0.2) is 11.5 Å². The van der Waals surface area contributed by atoms with Crippen molar-refractivity contribution >= 4 is 5.91 Å². The Morgan fingerprint density at radius 2 is 1.79 bits per heavy atom. The molecule has 1 atom stereocenters. The van der Waals surface area contributed by atoms with Crippen LogP contribution in [-0.2, 0) is 4.79 Å². The number of ether oxygens (including phenoxy) is 2. The molecule has 0 saturated heterocycles. The van der Waals surface area contributed by atoms with E-state index in [0.29, 0.717) is 23.8 Å². The minimum Gasteiger partial charge on any atom is -0.493 e. The Labute approximate surface area is 115 Å². The first-order valence-electron chi connectivity index (χ1n) is 6.49. The van der Waals surface area contributed by atoms with Gasteiger partial charge in [0.2, 0.25) is 5.91 Å². The minimum absolute atomic E-state index is 0.0499. The van der Waals surface area contributed by atoms with Crippen LogP contribution in [0.4, 0.5) is 0 Å². The molecule has 0 fully saturated rings. The molecule has 0 radical (unpaired) electrons. The molecule has 106 valence electrons. The largest absolute Gasteiger partial charge is 0.493 e. The van der Waals surface area contributed by atoms with Crippen molar-refractivity contribution < 1.29 is 14.3 Å². The highest BCUT2D eigenvalue weighted by molar-refractivity contribution is 5.76. The monoisotopic (exact) mass is 265 g/mol. The number of carbonyl (C=O) groups excluding carboxylic acids is 1. The smallest absolute Gasteiger partial charge is 0.220 e. The van der Waals surface area contributed by atoms with E-state index in [1.165, 1.54) is 0 Å². The van der Waals surface area contributed by atoms with E-state index in [2.05, 4.69) is 5.32 Å². The number of amides is 1. The van der Waals surface area contributed by atoms with Crippen LogP contribution in [0.2, 0.25) is 0 Å². The maximum atomic E-state index is 11.7. The van der Waals surface area contributed by atoms with Gasteiger partial charge in [-0.05, 0) is 30.5 Å². The van der Waals surface area contributed by atoms with Gasteiger partial charge in [-0.25, -0.2) is 0 Å². The molecule has 0 aliphatic rings. The Hall–Kier alpha value is -1.71. The normalized spacial score (nSPS) is 12.1. The second kappa shape index (κ2) is 7.02. The van der Waals surface area contributed by atoms with Gasteiger partial charge >= 0.3 is 0 Å². The number of hydrogen-bond acceptors (Lipinski definition) is 3. The topological polar surface area (TPSA) is 47.6 Å². The van der Waals surface area contributed by atoms with Gasteiger partial charge in [-0.2, -0.15) is 0 Å².